The highest BCUT2D eigenvalue weighted by Crippen LogP contribution is 2.09. The maximum atomic E-state index is 12.2. The molecule has 9 nitrogen and oxygen atoms in total. The standard InChI is InChI=1S/C19H32N4O5/c1-19(2,3)28-17(26)21-11-9-7-6-8-10-13(24)12-14-15(20)22(4)18(27)23(5)16(14)25/h6-12,20H2,1-5H3,(H,21,26). The van der Waals surface area contributed by atoms with Crippen LogP contribution in [0, 0.1) is 0 Å². The van der Waals surface area contributed by atoms with E-state index in [0.29, 0.717) is 19.4 Å². The quantitative estimate of drug-likeness (QED) is 0.605. The summed E-state index contributed by atoms with van der Waals surface area (Å²) in [6, 6.07) is 0. The number of rotatable bonds is 9. The first kappa shape index (κ1) is 23.5. The second-order valence-corrected chi connectivity index (χ2v) is 7.88. The number of nitrogens with one attached hydrogen (secondary N) is 1. The molecule has 0 aliphatic carbocycles. The molecule has 1 aromatic rings. The molecule has 0 bridgehead atoms. The molecule has 0 aliphatic heterocycles. The number of Topliss-reactive ketones (excluding diaryl/α,β-unsaturated/α-hetero) is 1. The topological polar surface area (TPSA) is 125 Å². The Bertz CT molecular complexity index is 817. The van der Waals surface area contributed by atoms with Crippen LogP contribution in [0.1, 0.15) is 58.4 Å². The van der Waals surface area contributed by atoms with Crippen molar-refractivity contribution in [2.24, 2.45) is 14.1 Å². The van der Waals surface area contributed by atoms with Crippen LogP contribution in [0.2, 0.25) is 0 Å². The number of ether oxygens (including phenoxy) is 1. The summed E-state index contributed by atoms with van der Waals surface area (Å²) in [6.45, 7) is 5.94. The van der Waals surface area contributed by atoms with Gasteiger partial charge in [0.15, 0.2) is 0 Å². The molecular weight excluding hydrogens is 364 g/mol. The molecule has 1 rings (SSSR count). The van der Waals surface area contributed by atoms with Crippen molar-refractivity contribution in [1.82, 2.24) is 14.5 Å². The lowest BCUT2D eigenvalue weighted by molar-refractivity contribution is -0.118. The molecule has 1 aromatic heterocycles. The van der Waals surface area contributed by atoms with Crippen LogP contribution in [-0.2, 0) is 30.0 Å². The summed E-state index contributed by atoms with van der Waals surface area (Å²) < 4.78 is 7.27. The van der Waals surface area contributed by atoms with E-state index < -0.39 is 22.9 Å². The highest BCUT2D eigenvalue weighted by molar-refractivity contribution is 5.81. The molecule has 158 valence electrons. The molecule has 0 saturated heterocycles. The van der Waals surface area contributed by atoms with Crippen molar-refractivity contribution < 1.29 is 14.3 Å². The molecule has 3 N–H and O–H groups in total. The smallest absolute Gasteiger partial charge is 0.407 e. The zero-order valence-corrected chi connectivity index (χ0v) is 17.5. The van der Waals surface area contributed by atoms with Crippen LogP contribution in [0.5, 0.6) is 0 Å². The van der Waals surface area contributed by atoms with Crippen LogP contribution in [0.15, 0.2) is 9.59 Å². The van der Waals surface area contributed by atoms with Crippen molar-refractivity contribution in [1.29, 1.82) is 0 Å². The first-order chi connectivity index (χ1) is 12.9. The normalized spacial score (nSPS) is 11.3. The number of amides is 1. The van der Waals surface area contributed by atoms with Crippen LogP contribution >= 0.6 is 0 Å². The van der Waals surface area contributed by atoms with Gasteiger partial charge in [-0.25, -0.2) is 9.59 Å². The number of aromatic nitrogens is 2. The average Bonchev–Trinajstić information content (AvgIpc) is 2.59. The van der Waals surface area contributed by atoms with Gasteiger partial charge in [-0.1, -0.05) is 12.8 Å². The molecule has 0 fully saturated rings. The van der Waals surface area contributed by atoms with Gasteiger partial charge in [-0.05, 0) is 33.6 Å². The first-order valence-corrected chi connectivity index (χ1v) is 9.47. The lowest BCUT2D eigenvalue weighted by atomic mass is 10.0. The number of alkyl carbamates (subject to hydrolysis) is 1. The Labute approximate surface area is 164 Å². The molecule has 0 saturated carbocycles. The van der Waals surface area contributed by atoms with E-state index >= 15 is 0 Å². The van der Waals surface area contributed by atoms with Gasteiger partial charge in [0.1, 0.15) is 17.2 Å². The summed E-state index contributed by atoms with van der Waals surface area (Å²) in [6.07, 6.45) is 3.02. The summed E-state index contributed by atoms with van der Waals surface area (Å²) in [4.78, 5) is 47.6. The van der Waals surface area contributed by atoms with Crippen molar-refractivity contribution in [3.8, 4) is 0 Å². The third kappa shape index (κ3) is 7.21. The maximum absolute atomic E-state index is 12.2. The van der Waals surface area contributed by atoms with Gasteiger partial charge in [0, 0.05) is 33.5 Å². The van der Waals surface area contributed by atoms with Crippen LogP contribution in [0.4, 0.5) is 10.6 Å². The Morgan fingerprint density at radius 3 is 2.25 bits per heavy atom. The second kappa shape index (κ2) is 10.1. The lowest BCUT2D eigenvalue weighted by Crippen LogP contribution is -2.40. The summed E-state index contributed by atoms with van der Waals surface area (Å²) in [7, 11) is 2.83. The number of hydrogen-bond donors (Lipinski definition) is 2. The van der Waals surface area contributed by atoms with E-state index in [1.165, 1.54) is 18.7 Å². The SMILES string of the molecule is Cn1c(N)c(CC(=O)CCCCCCNC(=O)OC(C)(C)C)c(=O)n(C)c1=O. The number of unbranched alkanes of at least 4 members (excludes halogenated alkanes) is 3. The predicted molar refractivity (Wildman–Crippen MR) is 107 cm³/mol. The Balaban J connectivity index is 2.33. The monoisotopic (exact) mass is 396 g/mol. The average molecular weight is 396 g/mol. The number of anilines is 1. The van der Waals surface area contributed by atoms with Crippen LogP contribution in [-0.4, -0.2) is 33.2 Å². The molecular formula is C19H32N4O5. The zero-order chi connectivity index (χ0) is 21.5. The van der Waals surface area contributed by atoms with Gasteiger partial charge < -0.3 is 15.8 Å². The Morgan fingerprint density at radius 1 is 1.04 bits per heavy atom. The molecule has 0 radical (unpaired) electrons. The van der Waals surface area contributed by atoms with Crippen molar-refractivity contribution >= 4 is 17.7 Å². The predicted octanol–water partition coefficient (Wildman–Crippen LogP) is 1.25. The van der Waals surface area contributed by atoms with Gasteiger partial charge in [-0.3, -0.25) is 18.7 Å². The molecule has 0 unspecified atom stereocenters. The fraction of sp³-hybridized carbons (Fsp3) is 0.684. The minimum atomic E-state index is -0.526. The second-order valence-electron chi connectivity index (χ2n) is 7.88. The molecule has 0 aromatic carbocycles. The summed E-state index contributed by atoms with van der Waals surface area (Å²) >= 11 is 0. The van der Waals surface area contributed by atoms with E-state index in [1.807, 2.05) is 20.8 Å². The fourth-order valence-electron chi connectivity index (χ4n) is 2.69. The van der Waals surface area contributed by atoms with Crippen LogP contribution < -0.4 is 22.3 Å². The van der Waals surface area contributed by atoms with Gasteiger partial charge in [0.2, 0.25) is 0 Å². The van der Waals surface area contributed by atoms with Crippen molar-refractivity contribution in [2.45, 2.75) is 64.9 Å². The first-order valence-electron chi connectivity index (χ1n) is 9.47. The molecule has 0 spiro atoms. The minimum Gasteiger partial charge on any atom is -0.444 e. The van der Waals surface area contributed by atoms with E-state index in [9.17, 15) is 19.2 Å². The number of carbonyl (C=O) groups is 2. The molecule has 1 amide bonds. The van der Waals surface area contributed by atoms with Crippen LogP contribution in [0.25, 0.3) is 0 Å². The number of carbonyl (C=O) groups excluding carboxylic acids is 2. The highest BCUT2D eigenvalue weighted by Gasteiger charge is 2.17. The van der Waals surface area contributed by atoms with Gasteiger partial charge >= 0.3 is 11.8 Å². The van der Waals surface area contributed by atoms with E-state index in [4.69, 9.17) is 10.5 Å². The molecule has 0 atom stereocenters. The maximum Gasteiger partial charge on any atom is 0.407 e. The minimum absolute atomic E-state index is 0.0367. The Kier molecular flexibility index (Phi) is 8.46. The number of hydrogen-bond acceptors (Lipinski definition) is 6. The zero-order valence-electron chi connectivity index (χ0n) is 17.5. The van der Waals surface area contributed by atoms with Crippen molar-refractivity contribution in [2.75, 3.05) is 12.3 Å². The van der Waals surface area contributed by atoms with E-state index in [-0.39, 0.29) is 23.6 Å². The number of nitrogens with two attached hydrogens (primary N) is 1. The van der Waals surface area contributed by atoms with Gasteiger partial charge in [-0.15, -0.1) is 0 Å². The number of ketones is 1. The molecule has 0 aliphatic rings. The Hall–Kier alpha value is -2.58. The third-order valence-electron chi connectivity index (χ3n) is 4.23. The van der Waals surface area contributed by atoms with E-state index in [1.54, 1.807) is 0 Å². The summed E-state index contributed by atoms with van der Waals surface area (Å²) in [5.41, 5.74) is 4.43. The third-order valence-corrected chi connectivity index (χ3v) is 4.23. The highest BCUT2D eigenvalue weighted by atomic mass is 16.6. The fourth-order valence-corrected chi connectivity index (χ4v) is 2.69. The van der Waals surface area contributed by atoms with Gasteiger partial charge in [0.25, 0.3) is 5.56 Å². The molecule has 28 heavy (non-hydrogen) atoms. The number of nitrogen functional groups attached to an aromatic ring is 1. The molecule has 1 heterocycles. The lowest BCUT2D eigenvalue weighted by Gasteiger charge is -2.19. The summed E-state index contributed by atoms with van der Waals surface area (Å²) in [5, 5.41) is 2.69. The van der Waals surface area contributed by atoms with E-state index in [0.717, 1.165) is 23.8 Å². The van der Waals surface area contributed by atoms with Gasteiger partial charge in [0.05, 0.1) is 5.56 Å². The molecule has 9 heteroatoms. The Morgan fingerprint density at radius 2 is 1.64 bits per heavy atom. The number of nitrogens with zero attached hydrogens (tertiary/aromatic N) is 2. The largest absolute Gasteiger partial charge is 0.444 e. The van der Waals surface area contributed by atoms with Crippen LogP contribution in [0.3, 0.4) is 0 Å². The van der Waals surface area contributed by atoms with Crippen molar-refractivity contribution in [3.63, 3.8) is 0 Å². The van der Waals surface area contributed by atoms with Crippen molar-refractivity contribution in [3.05, 3.63) is 26.4 Å². The van der Waals surface area contributed by atoms with E-state index in [2.05, 4.69) is 5.32 Å². The summed E-state index contributed by atoms with van der Waals surface area (Å²) in [5.74, 6) is -0.0519. The van der Waals surface area contributed by atoms with Gasteiger partial charge in [-0.2, -0.15) is 0 Å².